The second kappa shape index (κ2) is 6.06. The first kappa shape index (κ1) is 13.9. The van der Waals surface area contributed by atoms with E-state index in [1.165, 1.54) is 0 Å². The van der Waals surface area contributed by atoms with Crippen LogP contribution in [0.2, 0.25) is 0 Å². The van der Waals surface area contributed by atoms with Gasteiger partial charge in [0, 0.05) is 11.4 Å². The van der Waals surface area contributed by atoms with E-state index in [2.05, 4.69) is 5.32 Å². The van der Waals surface area contributed by atoms with Crippen molar-refractivity contribution in [3.63, 3.8) is 0 Å². The van der Waals surface area contributed by atoms with Gasteiger partial charge in [0.2, 0.25) is 0 Å². The molecule has 1 aromatic rings. The average Bonchev–Trinajstić information content (AvgIpc) is 3.09. The number of aliphatic carboxylic acids is 1. The molecule has 1 aliphatic carbocycles. The molecule has 2 amide bonds. The van der Waals surface area contributed by atoms with Crippen molar-refractivity contribution < 1.29 is 14.7 Å². The molecular weight excluding hydrogens is 264 g/mol. The first-order chi connectivity index (χ1) is 9.11. The quantitative estimate of drug-likeness (QED) is 0.840. The summed E-state index contributed by atoms with van der Waals surface area (Å²) in [5.74, 6) is -0.843. The molecule has 1 unspecified atom stereocenters. The van der Waals surface area contributed by atoms with E-state index in [0.29, 0.717) is 13.1 Å². The average molecular weight is 282 g/mol. The van der Waals surface area contributed by atoms with Gasteiger partial charge in [0.05, 0.1) is 6.54 Å². The number of hydrogen-bond acceptors (Lipinski definition) is 3. The number of urea groups is 1. The summed E-state index contributed by atoms with van der Waals surface area (Å²) in [5.41, 5.74) is 0. The van der Waals surface area contributed by atoms with Gasteiger partial charge < -0.3 is 15.3 Å². The molecule has 0 aliphatic heterocycles. The Morgan fingerprint density at radius 2 is 2.32 bits per heavy atom. The van der Waals surface area contributed by atoms with Crippen molar-refractivity contribution in [3.8, 4) is 0 Å². The number of carbonyl (C=O) groups excluding carboxylic acids is 1. The number of carboxylic acids is 1. The largest absolute Gasteiger partial charge is 0.480 e. The lowest BCUT2D eigenvalue weighted by Gasteiger charge is -2.23. The predicted molar refractivity (Wildman–Crippen MR) is 73.1 cm³/mol. The molecule has 19 heavy (non-hydrogen) atoms. The molecule has 0 saturated heterocycles. The SMILES string of the molecule is CCN(Cc1cccs1)C(=O)NC(C(=O)O)C1CC1. The Kier molecular flexibility index (Phi) is 4.42. The Morgan fingerprint density at radius 3 is 2.79 bits per heavy atom. The van der Waals surface area contributed by atoms with Crippen LogP contribution in [-0.2, 0) is 11.3 Å². The fraction of sp³-hybridized carbons (Fsp3) is 0.538. The molecule has 0 radical (unpaired) electrons. The van der Waals surface area contributed by atoms with Gasteiger partial charge in [0.15, 0.2) is 0 Å². The zero-order valence-electron chi connectivity index (χ0n) is 10.8. The van der Waals surface area contributed by atoms with E-state index in [1.807, 2.05) is 24.4 Å². The molecule has 104 valence electrons. The van der Waals surface area contributed by atoms with Crippen molar-refractivity contribution in [2.24, 2.45) is 5.92 Å². The van der Waals surface area contributed by atoms with Crippen LogP contribution in [0.15, 0.2) is 17.5 Å². The maximum Gasteiger partial charge on any atom is 0.326 e. The van der Waals surface area contributed by atoms with Gasteiger partial charge in [-0.1, -0.05) is 6.07 Å². The van der Waals surface area contributed by atoms with Crippen LogP contribution in [0.25, 0.3) is 0 Å². The van der Waals surface area contributed by atoms with Gasteiger partial charge in [-0.2, -0.15) is 0 Å². The van der Waals surface area contributed by atoms with Gasteiger partial charge >= 0.3 is 12.0 Å². The van der Waals surface area contributed by atoms with Crippen molar-refractivity contribution in [2.45, 2.75) is 32.4 Å². The van der Waals surface area contributed by atoms with Crippen molar-refractivity contribution in [3.05, 3.63) is 22.4 Å². The van der Waals surface area contributed by atoms with E-state index in [-0.39, 0.29) is 11.9 Å². The van der Waals surface area contributed by atoms with Crippen LogP contribution < -0.4 is 5.32 Å². The van der Waals surface area contributed by atoms with E-state index in [9.17, 15) is 9.59 Å². The first-order valence-corrected chi connectivity index (χ1v) is 7.30. The Morgan fingerprint density at radius 1 is 1.58 bits per heavy atom. The predicted octanol–water partition coefficient (Wildman–Crippen LogP) is 2.14. The second-order valence-corrected chi connectivity index (χ2v) is 5.73. The minimum Gasteiger partial charge on any atom is -0.480 e. The highest BCUT2D eigenvalue weighted by atomic mass is 32.1. The summed E-state index contributed by atoms with van der Waals surface area (Å²) in [4.78, 5) is 25.9. The monoisotopic (exact) mass is 282 g/mol. The van der Waals surface area contributed by atoms with Crippen LogP contribution >= 0.6 is 11.3 Å². The smallest absolute Gasteiger partial charge is 0.326 e. The van der Waals surface area contributed by atoms with Crippen LogP contribution in [0.3, 0.4) is 0 Å². The number of nitrogens with one attached hydrogen (secondary N) is 1. The summed E-state index contributed by atoms with van der Waals surface area (Å²) in [6, 6.07) is 2.87. The van der Waals surface area contributed by atoms with Gasteiger partial charge in [0.1, 0.15) is 6.04 Å². The molecule has 1 saturated carbocycles. The number of hydrogen-bond donors (Lipinski definition) is 2. The molecule has 1 aromatic heterocycles. The summed E-state index contributed by atoms with van der Waals surface area (Å²) in [5, 5.41) is 13.7. The number of amides is 2. The lowest BCUT2D eigenvalue weighted by Crippen LogP contribution is -2.48. The van der Waals surface area contributed by atoms with Gasteiger partial charge in [0.25, 0.3) is 0 Å². The number of carboxylic acid groups (broad SMARTS) is 1. The minimum absolute atomic E-state index is 0.0990. The molecule has 0 spiro atoms. The number of carbonyl (C=O) groups is 2. The van der Waals surface area contributed by atoms with Crippen LogP contribution in [0.4, 0.5) is 4.79 Å². The molecular formula is C13H18N2O3S. The number of nitrogens with zero attached hydrogens (tertiary/aromatic N) is 1. The number of thiophene rings is 1. The van der Waals surface area contributed by atoms with Crippen LogP contribution in [0.5, 0.6) is 0 Å². The van der Waals surface area contributed by atoms with Crippen molar-refractivity contribution >= 4 is 23.3 Å². The molecule has 1 fully saturated rings. The summed E-state index contributed by atoms with van der Waals surface area (Å²) in [6.45, 7) is 2.97. The molecule has 2 N–H and O–H groups in total. The third kappa shape index (κ3) is 3.70. The van der Waals surface area contributed by atoms with Crippen molar-refractivity contribution in [1.29, 1.82) is 0 Å². The standard InChI is InChI=1S/C13H18N2O3S/c1-2-15(8-10-4-3-7-19-10)13(18)14-11(12(16)17)9-5-6-9/h3-4,7,9,11H,2,5-6,8H2,1H3,(H,14,18)(H,16,17). The molecule has 5 nitrogen and oxygen atoms in total. The third-order valence-corrected chi connectivity index (χ3v) is 4.10. The summed E-state index contributed by atoms with van der Waals surface area (Å²) in [6.07, 6.45) is 1.77. The lowest BCUT2D eigenvalue weighted by molar-refractivity contribution is -0.139. The molecule has 1 heterocycles. The van der Waals surface area contributed by atoms with Crippen molar-refractivity contribution in [1.82, 2.24) is 10.2 Å². The summed E-state index contributed by atoms with van der Waals surface area (Å²) >= 11 is 1.59. The van der Waals surface area contributed by atoms with Crippen molar-refractivity contribution in [2.75, 3.05) is 6.54 Å². The van der Waals surface area contributed by atoms with E-state index in [4.69, 9.17) is 5.11 Å². The number of rotatable bonds is 6. The van der Waals surface area contributed by atoms with Gasteiger partial charge in [-0.15, -0.1) is 11.3 Å². The van der Waals surface area contributed by atoms with E-state index in [0.717, 1.165) is 17.7 Å². The topological polar surface area (TPSA) is 69.6 Å². The van der Waals surface area contributed by atoms with Gasteiger partial charge in [-0.25, -0.2) is 9.59 Å². The zero-order valence-corrected chi connectivity index (χ0v) is 11.7. The lowest BCUT2D eigenvalue weighted by atomic mass is 10.2. The fourth-order valence-corrected chi connectivity index (χ4v) is 2.67. The maximum absolute atomic E-state index is 12.1. The van der Waals surface area contributed by atoms with Gasteiger partial charge in [-0.3, -0.25) is 0 Å². The minimum atomic E-state index is -0.942. The third-order valence-electron chi connectivity index (χ3n) is 3.23. The molecule has 0 aromatic carbocycles. The van der Waals surface area contributed by atoms with Crippen LogP contribution in [0.1, 0.15) is 24.6 Å². The van der Waals surface area contributed by atoms with E-state index >= 15 is 0 Å². The molecule has 0 bridgehead atoms. The Bertz CT molecular complexity index is 443. The zero-order chi connectivity index (χ0) is 13.8. The molecule has 6 heteroatoms. The second-order valence-electron chi connectivity index (χ2n) is 4.70. The highest BCUT2D eigenvalue weighted by Crippen LogP contribution is 2.32. The van der Waals surface area contributed by atoms with Gasteiger partial charge in [-0.05, 0) is 37.1 Å². The summed E-state index contributed by atoms with van der Waals surface area (Å²) < 4.78 is 0. The Balaban J connectivity index is 1.94. The normalized spacial score (nSPS) is 15.8. The highest BCUT2D eigenvalue weighted by molar-refractivity contribution is 7.09. The van der Waals surface area contributed by atoms with Crippen LogP contribution in [0, 0.1) is 5.92 Å². The first-order valence-electron chi connectivity index (χ1n) is 6.42. The van der Waals surface area contributed by atoms with Crippen LogP contribution in [-0.4, -0.2) is 34.6 Å². The maximum atomic E-state index is 12.1. The Labute approximate surface area is 116 Å². The fourth-order valence-electron chi connectivity index (χ4n) is 1.95. The highest BCUT2D eigenvalue weighted by Gasteiger charge is 2.37. The van der Waals surface area contributed by atoms with E-state index < -0.39 is 12.0 Å². The Hall–Kier alpha value is -1.56. The molecule has 2 rings (SSSR count). The van der Waals surface area contributed by atoms with E-state index in [1.54, 1.807) is 16.2 Å². The molecule has 1 atom stereocenters. The molecule has 1 aliphatic rings. The summed E-state index contributed by atoms with van der Waals surface area (Å²) in [7, 11) is 0.